The first kappa shape index (κ1) is 15.3. The Kier molecular flexibility index (Phi) is 6.76. The lowest BCUT2D eigenvalue weighted by Gasteiger charge is -2.15. The van der Waals surface area contributed by atoms with Crippen molar-refractivity contribution in [1.29, 1.82) is 0 Å². The number of hydroxylamine groups is 1. The molecule has 0 heterocycles. The fourth-order valence-corrected chi connectivity index (χ4v) is 1.57. The number of aliphatic carboxylic acids is 1. The van der Waals surface area contributed by atoms with Crippen molar-refractivity contribution in [1.82, 2.24) is 10.8 Å². The molecule has 7 heteroatoms. The number of hydrogen-bond acceptors (Lipinski definition) is 5. The fraction of sp³-hybridized carbons (Fsp3) is 0.333. The molecule has 6 nitrogen and oxygen atoms in total. The van der Waals surface area contributed by atoms with E-state index in [1.807, 2.05) is 30.3 Å². The van der Waals surface area contributed by atoms with Crippen molar-refractivity contribution in [3.63, 3.8) is 0 Å². The van der Waals surface area contributed by atoms with Crippen molar-refractivity contribution < 1.29 is 19.5 Å². The van der Waals surface area contributed by atoms with Crippen molar-refractivity contribution in [3.05, 3.63) is 35.9 Å². The van der Waals surface area contributed by atoms with E-state index in [0.717, 1.165) is 5.56 Å². The number of rotatable bonds is 7. The lowest BCUT2D eigenvalue weighted by molar-refractivity contribution is -0.135. The Hall–Kier alpha value is -1.73. The summed E-state index contributed by atoms with van der Waals surface area (Å²) in [6.45, 7) is -0.481. The quantitative estimate of drug-likeness (QED) is 0.440. The zero-order valence-corrected chi connectivity index (χ0v) is 11.1. The van der Waals surface area contributed by atoms with Gasteiger partial charge in [-0.25, -0.2) is 4.79 Å². The first-order valence-electron chi connectivity index (χ1n) is 5.68. The van der Waals surface area contributed by atoms with E-state index in [0.29, 0.717) is 12.2 Å². The van der Waals surface area contributed by atoms with Gasteiger partial charge >= 0.3 is 12.1 Å². The van der Waals surface area contributed by atoms with E-state index in [9.17, 15) is 9.59 Å². The molecule has 0 aliphatic heterocycles. The maximum atomic E-state index is 11.1. The van der Waals surface area contributed by atoms with Gasteiger partial charge in [-0.15, -0.1) is 5.48 Å². The third-order valence-corrected chi connectivity index (χ3v) is 2.69. The number of nitrogens with one attached hydrogen (secondary N) is 2. The van der Waals surface area contributed by atoms with E-state index >= 15 is 0 Å². The molecule has 1 aromatic rings. The normalized spacial score (nSPS) is 11.6. The Morgan fingerprint density at radius 3 is 2.58 bits per heavy atom. The van der Waals surface area contributed by atoms with Gasteiger partial charge < -0.3 is 15.3 Å². The van der Waals surface area contributed by atoms with Gasteiger partial charge in [-0.1, -0.05) is 30.3 Å². The predicted molar refractivity (Wildman–Crippen MR) is 73.0 cm³/mol. The van der Waals surface area contributed by atoms with Crippen LogP contribution in [0.1, 0.15) is 5.56 Å². The number of carboxylic acid groups (broad SMARTS) is 1. The number of carboxylic acids is 1. The Bertz CT molecular complexity index is 413. The predicted octanol–water partition coefficient (Wildman–Crippen LogP) is 0.843. The van der Waals surface area contributed by atoms with E-state index in [1.165, 1.54) is 0 Å². The molecule has 1 aromatic carbocycles. The first-order valence-corrected chi connectivity index (χ1v) is 6.32. The Balaban J connectivity index is 2.32. The van der Waals surface area contributed by atoms with Crippen LogP contribution in [0, 0.1) is 0 Å². The highest BCUT2D eigenvalue weighted by molar-refractivity contribution is 7.80. The summed E-state index contributed by atoms with van der Waals surface area (Å²) >= 11 is 4.16. The molecule has 104 valence electrons. The van der Waals surface area contributed by atoms with E-state index in [4.69, 9.17) is 9.94 Å². The van der Waals surface area contributed by atoms with Crippen LogP contribution < -0.4 is 10.8 Å². The highest BCUT2D eigenvalue weighted by Crippen LogP contribution is 2.04. The van der Waals surface area contributed by atoms with Crippen molar-refractivity contribution in [2.45, 2.75) is 12.5 Å². The molecule has 0 fully saturated rings. The number of thiol groups is 1. The number of amides is 1. The van der Waals surface area contributed by atoms with Gasteiger partial charge in [-0.2, -0.15) is 12.6 Å². The minimum Gasteiger partial charge on any atom is -0.480 e. The van der Waals surface area contributed by atoms with Crippen LogP contribution >= 0.6 is 12.6 Å². The van der Waals surface area contributed by atoms with Crippen molar-refractivity contribution in [2.24, 2.45) is 0 Å². The van der Waals surface area contributed by atoms with Gasteiger partial charge in [0.1, 0.15) is 6.54 Å². The van der Waals surface area contributed by atoms with Gasteiger partial charge in [0.05, 0.1) is 6.04 Å². The van der Waals surface area contributed by atoms with Crippen LogP contribution in [-0.2, 0) is 16.1 Å². The van der Waals surface area contributed by atoms with E-state index in [-0.39, 0.29) is 6.04 Å². The average molecular weight is 284 g/mol. The topological polar surface area (TPSA) is 87.7 Å². The third kappa shape index (κ3) is 6.68. The number of hydrogen-bond donors (Lipinski definition) is 4. The largest absolute Gasteiger partial charge is 0.480 e. The van der Waals surface area contributed by atoms with Crippen LogP contribution in [0.5, 0.6) is 0 Å². The van der Waals surface area contributed by atoms with Gasteiger partial charge in [0.2, 0.25) is 0 Å². The van der Waals surface area contributed by atoms with Gasteiger partial charge in [0.15, 0.2) is 0 Å². The molecule has 0 aromatic heterocycles. The highest BCUT2D eigenvalue weighted by Gasteiger charge is 2.11. The second kappa shape index (κ2) is 8.39. The van der Waals surface area contributed by atoms with Crippen LogP contribution in [0.2, 0.25) is 0 Å². The Labute approximate surface area is 116 Å². The van der Waals surface area contributed by atoms with Crippen molar-refractivity contribution in [3.8, 4) is 0 Å². The minimum absolute atomic E-state index is 0.152. The lowest BCUT2D eigenvalue weighted by Crippen LogP contribution is -2.39. The third-order valence-electron chi connectivity index (χ3n) is 2.25. The van der Waals surface area contributed by atoms with Gasteiger partial charge in [0.25, 0.3) is 0 Å². The molecule has 19 heavy (non-hydrogen) atoms. The summed E-state index contributed by atoms with van der Waals surface area (Å²) in [6, 6.07) is 9.53. The molecule has 0 radical (unpaired) electrons. The molecule has 3 N–H and O–H groups in total. The second-order valence-corrected chi connectivity index (χ2v) is 4.19. The first-order chi connectivity index (χ1) is 9.11. The Morgan fingerprint density at radius 1 is 1.32 bits per heavy atom. The van der Waals surface area contributed by atoms with Crippen LogP contribution in [0.3, 0.4) is 0 Å². The van der Waals surface area contributed by atoms with E-state index < -0.39 is 18.6 Å². The zero-order chi connectivity index (χ0) is 14.1. The zero-order valence-electron chi connectivity index (χ0n) is 10.2. The molecular weight excluding hydrogens is 268 g/mol. The molecule has 1 unspecified atom stereocenters. The monoisotopic (exact) mass is 284 g/mol. The number of carbonyl (C=O) groups excluding carboxylic acids is 1. The summed E-state index contributed by atoms with van der Waals surface area (Å²) in [5.41, 5.74) is 3.65. The molecule has 0 spiro atoms. The Morgan fingerprint density at radius 2 is 2.00 bits per heavy atom. The standard InChI is InChI=1S/C12H16N2O4S/c15-11(16)7-13-12(17)18-14-10(8-19)6-9-4-2-1-3-5-9/h1-5,10,14,19H,6-8H2,(H,13,17)(H,15,16). The molecule has 1 atom stereocenters. The second-order valence-electron chi connectivity index (χ2n) is 3.82. The SMILES string of the molecule is O=C(O)CNC(=O)ONC(CS)Cc1ccccc1. The highest BCUT2D eigenvalue weighted by atomic mass is 32.1. The van der Waals surface area contributed by atoms with Gasteiger partial charge in [-0.05, 0) is 12.0 Å². The average Bonchev–Trinajstić information content (AvgIpc) is 2.42. The van der Waals surface area contributed by atoms with E-state index in [1.54, 1.807) is 0 Å². The van der Waals surface area contributed by atoms with Gasteiger partial charge in [0, 0.05) is 5.75 Å². The van der Waals surface area contributed by atoms with Crippen molar-refractivity contribution >= 4 is 24.7 Å². The molecule has 0 saturated carbocycles. The van der Waals surface area contributed by atoms with Crippen LogP contribution in [0.25, 0.3) is 0 Å². The number of benzene rings is 1. The maximum absolute atomic E-state index is 11.1. The van der Waals surface area contributed by atoms with Crippen LogP contribution in [-0.4, -0.2) is 35.5 Å². The smallest absolute Gasteiger partial charge is 0.426 e. The van der Waals surface area contributed by atoms with Gasteiger partial charge in [-0.3, -0.25) is 4.79 Å². The molecule has 0 aliphatic rings. The maximum Gasteiger partial charge on any atom is 0.426 e. The minimum atomic E-state index is -1.13. The summed E-state index contributed by atoms with van der Waals surface area (Å²) in [7, 11) is 0. The van der Waals surface area contributed by atoms with Crippen molar-refractivity contribution in [2.75, 3.05) is 12.3 Å². The molecule has 0 saturated heterocycles. The molecular formula is C12H16N2O4S. The summed E-state index contributed by atoms with van der Waals surface area (Å²) in [4.78, 5) is 26.1. The summed E-state index contributed by atoms with van der Waals surface area (Å²) in [5, 5.41) is 10.5. The summed E-state index contributed by atoms with van der Waals surface area (Å²) < 4.78 is 0. The molecule has 0 aliphatic carbocycles. The molecule has 1 rings (SSSR count). The van der Waals surface area contributed by atoms with E-state index in [2.05, 4.69) is 23.4 Å². The van der Waals surface area contributed by atoms with Crippen LogP contribution in [0.15, 0.2) is 30.3 Å². The fourth-order valence-electron chi connectivity index (χ4n) is 1.36. The number of carbonyl (C=O) groups is 2. The molecule has 0 bridgehead atoms. The summed E-state index contributed by atoms with van der Waals surface area (Å²) in [6.07, 6.45) is -0.182. The molecule has 1 amide bonds. The summed E-state index contributed by atoms with van der Waals surface area (Å²) in [5.74, 6) is -0.659. The van der Waals surface area contributed by atoms with Crippen LogP contribution in [0.4, 0.5) is 4.79 Å². The lowest BCUT2D eigenvalue weighted by atomic mass is 10.1.